The van der Waals surface area contributed by atoms with Gasteiger partial charge in [0.15, 0.2) is 0 Å². The molecule has 0 amide bonds. The fourth-order valence-corrected chi connectivity index (χ4v) is 1.43. The van der Waals surface area contributed by atoms with E-state index in [1.165, 1.54) is 0 Å². The van der Waals surface area contributed by atoms with Crippen LogP contribution >= 0.6 is 11.6 Å². The van der Waals surface area contributed by atoms with Crippen LogP contribution in [0.25, 0.3) is 6.08 Å². The van der Waals surface area contributed by atoms with Crippen LogP contribution < -0.4 is 0 Å². The highest BCUT2D eigenvalue weighted by Gasteiger charge is 2.03. The van der Waals surface area contributed by atoms with Crippen molar-refractivity contribution in [1.29, 1.82) is 0 Å². The second-order valence-electron chi connectivity index (χ2n) is 3.29. The van der Waals surface area contributed by atoms with E-state index in [0.29, 0.717) is 10.6 Å². The Kier molecular flexibility index (Phi) is 4.95. The van der Waals surface area contributed by atoms with Crippen molar-refractivity contribution in [2.24, 2.45) is 0 Å². The van der Waals surface area contributed by atoms with Gasteiger partial charge in [-0.25, -0.2) is 0 Å². The molecule has 1 N–H and O–H groups in total. The monoisotopic (exact) mass is 241 g/mol. The summed E-state index contributed by atoms with van der Waals surface area (Å²) in [5, 5.41) is 19.8. The summed E-state index contributed by atoms with van der Waals surface area (Å²) in [6.07, 6.45) is 1.92. The maximum atomic E-state index is 10.2. The standard InChI is InChI=1S/C11H12ClNO3/c12-11-4-2-1-3-10(11)7-9(8-14)5-6-13(15)16/h1-4,7,14H,5-6,8H2/b9-7+. The Hall–Kier alpha value is -1.39. The van der Waals surface area contributed by atoms with Crippen LogP contribution in [0.3, 0.4) is 0 Å². The van der Waals surface area contributed by atoms with E-state index in [0.717, 1.165) is 5.56 Å². The molecule has 1 aromatic rings. The van der Waals surface area contributed by atoms with Gasteiger partial charge in [-0.2, -0.15) is 0 Å². The molecule has 0 saturated heterocycles. The van der Waals surface area contributed by atoms with Crippen LogP contribution in [0.2, 0.25) is 5.02 Å². The van der Waals surface area contributed by atoms with Crippen molar-refractivity contribution in [3.05, 3.63) is 50.5 Å². The zero-order chi connectivity index (χ0) is 12.0. The topological polar surface area (TPSA) is 63.4 Å². The minimum absolute atomic E-state index is 0.184. The zero-order valence-corrected chi connectivity index (χ0v) is 9.35. The number of hydrogen-bond acceptors (Lipinski definition) is 3. The SMILES string of the molecule is O=[N+]([O-])CC/C(=C\c1ccccc1Cl)CO. The van der Waals surface area contributed by atoms with Gasteiger partial charge in [-0.05, 0) is 17.2 Å². The van der Waals surface area contributed by atoms with Crippen molar-refractivity contribution in [1.82, 2.24) is 0 Å². The number of nitro groups is 1. The predicted molar refractivity (Wildman–Crippen MR) is 63.0 cm³/mol. The normalized spacial score (nSPS) is 11.5. The summed E-state index contributed by atoms with van der Waals surface area (Å²) in [7, 11) is 0. The maximum Gasteiger partial charge on any atom is 0.207 e. The molecule has 16 heavy (non-hydrogen) atoms. The third-order valence-corrected chi connectivity index (χ3v) is 2.43. The molecular weight excluding hydrogens is 230 g/mol. The molecule has 1 aromatic carbocycles. The summed E-state index contributed by atoms with van der Waals surface area (Å²) in [4.78, 5) is 9.80. The second kappa shape index (κ2) is 6.25. The predicted octanol–water partition coefficient (Wildman–Crippen LogP) is 2.38. The fourth-order valence-electron chi connectivity index (χ4n) is 1.24. The van der Waals surface area contributed by atoms with Gasteiger partial charge < -0.3 is 5.11 Å². The molecular formula is C11H12ClNO3. The van der Waals surface area contributed by atoms with E-state index in [4.69, 9.17) is 16.7 Å². The summed E-state index contributed by atoms with van der Waals surface area (Å²) in [6, 6.07) is 7.15. The highest BCUT2D eigenvalue weighted by Crippen LogP contribution is 2.19. The van der Waals surface area contributed by atoms with Crippen molar-refractivity contribution < 1.29 is 10.0 Å². The van der Waals surface area contributed by atoms with E-state index in [2.05, 4.69) is 0 Å². The van der Waals surface area contributed by atoms with Gasteiger partial charge in [0, 0.05) is 16.4 Å². The first-order valence-electron chi connectivity index (χ1n) is 4.80. The summed E-state index contributed by atoms with van der Waals surface area (Å²) < 4.78 is 0. The molecule has 0 heterocycles. The molecule has 0 aromatic heterocycles. The lowest BCUT2D eigenvalue weighted by Gasteiger charge is -2.02. The molecule has 86 valence electrons. The average Bonchev–Trinajstić information content (AvgIpc) is 2.26. The lowest BCUT2D eigenvalue weighted by Crippen LogP contribution is -2.03. The Morgan fingerprint density at radius 1 is 1.50 bits per heavy atom. The quantitative estimate of drug-likeness (QED) is 0.636. The molecule has 0 unspecified atom stereocenters. The molecule has 0 spiro atoms. The second-order valence-corrected chi connectivity index (χ2v) is 3.70. The van der Waals surface area contributed by atoms with Crippen molar-refractivity contribution in [3.63, 3.8) is 0 Å². The molecule has 0 fully saturated rings. The first kappa shape index (κ1) is 12.7. The van der Waals surface area contributed by atoms with Gasteiger partial charge >= 0.3 is 0 Å². The molecule has 1 rings (SSSR count). The third-order valence-electron chi connectivity index (χ3n) is 2.08. The Balaban J connectivity index is 2.79. The number of aliphatic hydroxyl groups is 1. The van der Waals surface area contributed by atoms with Crippen LogP contribution in [0, 0.1) is 10.1 Å². The number of nitrogens with zero attached hydrogens (tertiary/aromatic N) is 1. The average molecular weight is 242 g/mol. The molecule has 0 saturated carbocycles. The van der Waals surface area contributed by atoms with Gasteiger partial charge in [0.25, 0.3) is 0 Å². The first-order chi connectivity index (χ1) is 7.63. The van der Waals surface area contributed by atoms with Crippen LogP contribution in [0.1, 0.15) is 12.0 Å². The Morgan fingerprint density at radius 2 is 2.19 bits per heavy atom. The third kappa shape index (κ3) is 4.00. The minimum atomic E-state index is -0.407. The van der Waals surface area contributed by atoms with E-state index in [9.17, 15) is 10.1 Å². The van der Waals surface area contributed by atoms with Gasteiger partial charge in [-0.15, -0.1) is 0 Å². The fraction of sp³-hybridized carbons (Fsp3) is 0.273. The molecule has 0 aliphatic carbocycles. The Labute approximate surface area is 98.3 Å². The van der Waals surface area contributed by atoms with Crippen molar-refractivity contribution in [2.75, 3.05) is 13.2 Å². The lowest BCUT2D eigenvalue weighted by atomic mass is 10.1. The van der Waals surface area contributed by atoms with E-state index in [1.807, 2.05) is 6.07 Å². The largest absolute Gasteiger partial charge is 0.392 e. The van der Waals surface area contributed by atoms with Gasteiger partial charge in [-0.3, -0.25) is 10.1 Å². The lowest BCUT2D eigenvalue weighted by molar-refractivity contribution is -0.479. The maximum absolute atomic E-state index is 10.2. The molecule has 0 atom stereocenters. The van der Waals surface area contributed by atoms with Crippen molar-refractivity contribution >= 4 is 17.7 Å². The van der Waals surface area contributed by atoms with Crippen molar-refractivity contribution in [2.45, 2.75) is 6.42 Å². The zero-order valence-electron chi connectivity index (χ0n) is 8.60. The van der Waals surface area contributed by atoms with E-state index < -0.39 is 4.92 Å². The van der Waals surface area contributed by atoms with Crippen LogP contribution in [-0.4, -0.2) is 23.2 Å². The molecule has 4 nitrogen and oxygen atoms in total. The number of hydrogen-bond donors (Lipinski definition) is 1. The van der Waals surface area contributed by atoms with Gasteiger partial charge in [0.2, 0.25) is 6.54 Å². The van der Waals surface area contributed by atoms with E-state index >= 15 is 0 Å². The molecule has 0 aliphatic rings. The minimum Gasteiger partial charge on any atom is -0.392 e. The Bertz CT molecular complexity index is 404. The summed E-state index contributed by atoms with van der Waals surface area (Å²) in [5.41, 5.74) is 1.36. The summed E-state index contributed by atoms with van der Waals surface area (Å²) in [5.74, 6) is 0. The summed E-state index contributed by atoms with van der Waals surface area (Å²) >= 11 is 5.93. The number of rotatable bonds is 5. The number of halogens is 1. The summed E-state index contributed by atoms with van der Waals surface area (Å²) in [6.45, 7) is -0.379. The van der Waals surface area contributed by atoms with Gasteiger partial charge in [0.1, 0.15) is 0 Å². The smallest absolute Gasteiger partial charge is 0.207 e. The van der Waals surface area contributed by atoms with Gasteiger partial charge in [-0.1, -0.05) is 35.9 Å². The molecule has 5 heteroatoms. The Morgan fingerprint density at radius 3 is 2.75 bits per heavy atom. The van der Waals surface area contributed by atoms with Crippen LogP contribution in [0.5, 0.6) is 0 Å². The first-order valence-corrected chi connectivity index (χ1v) is 5.18. The molecule has 0 aliphatic heterocycles. The van der Waals surface area contributed by atoms with E-state index in [-0.39, 0.29) is 19.6 Å². The van der Waals surface area contributed by atoms with Crippen molar-refractivity contribution in [3.8, 4) is 0 Å². The van der Waals surface area contributed by atoms with Crippen LogP contribution in [0.15, 0.2) is 29.8 Å². The highest BCUT2D eigenvalue weighted by molar-refractivity contribution is 6.32. The number of benzene rings is 1. The molecule has 0 bridgehead atoms. The highest BCUT2D eigenvalue weighted by atomic mass is 35.5. The van der Waals surface area contributed by atoms with Crippen LogP contribution in [-0.2, 0) is 0 Å². The van der Waals surface area contributed by atoms with E-state index in [1.54, 1.807) is 24.3 Å². The van der Waals surface area contributed by atoms with Gasteiger partial charge in [0.05, 0.1) is 6.61 Å². The molecule has 0 radical (unpaired) electrons. The number of aliphatic hydroxyl groups excluding tert-OH is 1. The van der Waals surface area contributed by atoms with Crippen LogP contribution in [0.4, 0.5) is 0 Å².